The summed E-state index contributed by atoms with van der Waals surface area (Å²) in [6, 6.07) is 12.8. The molecule has 0 saturated heterocycles. The minimum absolute atomic E-state index is 0.281. The number of anilines is 3. The van der Waals surface area contributed by atoms with Gasteiger partial charge in [0.25, 0.3) is 0 Å². The summed E-state index contributed by atoms with van der Waals surface area (Å²) in [5.74, 6) is -0.396. The SMILES string of the molecule is Cc1cc(C)cc(N(CC(=O)Nc2ccc(N(C)C)cc2)S(C)(=O)=O)c1. The fourth-order valence-electron chi connectivity index (χ4n) is 2.67. The highest BCUT2D eigenvalue weighted by atomic mass is 32.2. The van der Waals surface area contributed by atoms with Gasteiger partial charge in [-0.1, -0.05) is 6.07 Å². The predicted octanol–water partition coefficient (Wildman–Crippen LogP) is 2.77. The molecule has 6 nitrogen and oxygen atoms in total. The lowest BCUT2D eigenvalue weighted by Gasteiger charge is -2.23. The molecule has 0 fully saturated rings. The second-order valence-electron chi connectivity index (χ2n) is 6.61. The number of amides is 1. The van der Waals surface area contributed by atoms with Gasteiger partial charge in [-0.2, -0.15) is 0 Å². The Morgan fingerprint density at radius 2 is 1.50 bits per heavy atom. The molecule has 26 heavy (non-hydrogen) atoms. The Kier molecular flexibility index (Phi) is 5.92. The van der Waals surface area contributed by atoms with Gasteiger partial charge in [0, 0.05) is 25.5 Å². The Hall–Kier alpha value is -2.54. The van der Waals surface area contributed by atoms with E-state index in [1.54, 1.807) is 24.3 Å². The van der Waals surface area contributed by atoms with Gasteiger partial charge < -0.3 is 10.2 Å². The van der Waals surface area contributed by atoms with E-state index in [0.717, 1.165) is 27.4 Å². The average molecular weight is 375 g/mol. The quantitative estimate of drug-likeness (QED) is 0.843. The van der Waals surface area contributed by atoms with Gasteiger partial charge in [0.05, 0.1) is 11.9 Å². The number of benzene rings is 2. The zero-order chi connectivity index (χ0) is 19.5. The van der Waals surface area contributed by atoms with Gasteiger partial charge in [-0.25, -0.2) is 8.42 Å². The minimum Gasteiger partial charge on any atom is -0.378 e. The molecule has 0 spiro atoms. The number of aryl methyl sites for hydroxylation is 2. The van der Waals surface area contributed by atoms with E-state index in [1.165, 1.54) is 0 Å². The molecule has 0 radical (unpaired) electrons. The van der Waals surface area contributed by atoms with Gasteiger partial charge in [0.2, 0.25) is 15.9 Å². The standard InChI is InChI=1S/C19H25N3O3S/c1-14-10-15(2)12-18(11-14)22(26(5,24)25)13-19(23)20-16-6-8-17(9-7-16)21(3)4/h6-12H,13H2,1-5H3,(H,20,23). The topological polar surface area (TPSA) is 69.7 Å². The number of sulfonamides is 1. The van der Waals surface area contributed by atoms with Gasteiger partial charge in [0.15, 0.2) is 0 Å². The Morgan fingerprint density at radius 3 is 1.96 bits per heavy atom. The summed E-state index contributed by atoms with van der Waals surface area (Å²) in [6.07, 6.45) is 1.10. The highest BCUT2D eigenvalue weighted by Gasteiger charge is 2.21. The highest BCUT2D eigenvalue weighted by molar-refractivity contribution is 7.92. The Labute approximate surface area is 155 Å². The first-order valence-electron chi connectivity index (χ1n) is 8.19. The molecule has 140 valence electrons. The third-order valence-electron chi connectivity index (χ3n) is 3.85. The van der Waals surface area contributed by atoms with Crippen LogP contribution in [0, 0.1) is 13.8 Å². The zero-order valence-electron chi connectivity index (χ0n) is 15.8. The van der Waals surface area contributed by atoms with E-state index in [4.69, 9.17) is 0 Å². The lowest BCUT2D eigenvalue weighted by atomic mass is 10.1. The normalized spacial score (nSPS) is 11.1. The van der Waals surface area contributed by atoms with E-state index in [9.17, 15) is 13.2 Å². The summed E-state index contributed by atoms with van der Waals surface area (Å²) in [5, 5.41) is 2.75. The molecule has 0 aliphatic heterocycles. The van der Waals surface area contributed by atoms with Crippen LogP contribution in [0.15, 0.2) is 42.5 Å². The molecule has 0 bridgehead atoms. The smallest absolute Gasteiger partial charge is 0.245 e. The molecule has 0 aromatic heterocycles. The number of hydrogen-bond donors (Lipinski definition) is 1. The van der Waals surface area contributed by atoms with E-state index < -0.39 is 15.9 Å². The van der Waals surface area contributed by atoms with Crippen LogP contribution in [-0.4, -0.2) is 41.2 Å². The Balaban J connectivity index is 2.19. The van der Waals surface area contributed by atoms with Crippen molar-refractivity contribution in [2.45, 2.75) is 13.8 Å². The average Bonchev–Trinajstić information content (AvgIpc) is 2.51. The first kappa shape index (κ1) is 19.8. The third-order valence-corrected chi connectivity index (χ3v) is 4.99. The summed E-state index contributed by atoms with van der Waals surface area (Å²) >= 11 is 0. The van der Waals surface area contributed by atoms with Crippen LogP contribution in [0.4, 0.5) is 17.1 Å². The number of rotatable bonds is 6. The molecule has 0 atom stereocenters. The van der Waals surface area contributed by atoms with Crippen LogP contribution in [0.2, 0.25) is 0 Å². The molecule has 0 unspecified atom stereocenters. The number of nitrogens with one attached hydrogen (secondary N) is 1. The van der Waals surface area contributed by atoms with Crippen molar-refractivity contribution in [2.75, 3.05) is 41.4 Å². The fraction of sp³-hybridized carbons (Fsp3) is 0.316. The lowest BCUT2D eigenvalue weighted by molar-refractivity contribution is -0.114. The van der Waals surface area contributed by atoms with Crippen molar-refractivity contribution in [3.8, 4) is 0 Å². The Morgan fingerprint density at radius 1 is 0.962 bits per heavy atom. The molecule has 0 saturated carbocycles. The molecule has 0 heterocycles. The van der Waals surface area contributed by atoms with E-state index in [2.05, 4.69) is 5.32 Å². The molecular formula is C19H25N3O3S. The number of nitrogens with zero attached hydrogens (tertiary/aromatic N) is 2. The first-order valence-corrected chi connectivity index (χ1v) is 10.0. The van der Waals surface area contributed by atoms with Crippen molar-refractivity contribution in [1.29, 1.82) is 0 Å². The van der Waals surface area contributed by atoms with Crippen LogP contribution in [0.1, 0.15) is 11.1 Å². The maximum absolute atomic E-state index is 12.4. The first-order chi connectivity index (χ1) is 12.1. The van der Waals surface area contributed by atoms with Gasteiger partial charge in [-0.3, -0.25) is 9.10 Å². The van der Waals surface area contributed by atoms with Crippen molar-refractivity contribution in [1.82, 2.24) is 0 Å². The van der Waals surface area contributed by atoms with Gasteiger partial charge in [0.1, 0.15) is 6.54 Å². The molecule has 2 aromatic rings. The van der Waals surface area contributed by atoms with Crippen LogP contribution in [0.5, 0.6) is 0 Å². The highest BCUT2D eigenvalue weighted by Crippen LogP contribution is 2.22. The molecule has 0 aliphatic rings. The maximum atomic E-state index is 12.4. The molecule has 1 N–H and O–H groups in total. The largest absolute Gasteiger partial charge is 0.378 e. The number of hydrogen-bond acceptors (Lipinski definition) is 4. The number of carbonyl (C=O) groups is 1. The van der Waals surface area contributed by atoms with Crippen molar-refractivity contribution in [3.63, 3.8) is 0 Å². The van der Waals surface area contributed by atoms with E-state index >= 15 is 0 Å². The molecule has 2 rings (SSSR count). The third kappa shape index (κ3) is 5.23. The van der Waals surface area contributed by atoms with Crippen LogP contribution in [0.25, 0.3) is 0 Å². The Bertz CT molecular complexity index is 870. The second kappa shape index (κ2) is 7.78. The summed E-state index contributed by atoms with van der Waals surface area (Å²) in [5.41, 5.74) is 4.00. The summed E-state index contributed by atoms with van der Waals surface area (Å²) in [6.45, 7) is 3.50. The monoisotopic (exact) mass is 375 g/mol. The van der Waals surface area contributed by atoms with Gasteiger partial charge >= 0.3 is 0 Å². The van der Waals surface area contributed by atoms with Crippen molar-refractivity contribution >= 4 is 33.0 Å². The van der Waals surface area contributed by atoms with Crippen molar-refractivity contribution in [3.05, 3.63) is 53.6 Å². The maximum Gasteiger partial charge on any atom is 0.245 e. The van der Waals surface area contributed by atoms with E-state index in [1.807, 2.05) is 51.0 Å². The van der Waals surface area contributed by atoms with Crippen molar-refractivity contribution < 1.29 is 13.2 Å². The van der Waals surface area contributed by atoms with Crippen LogP contribution >= 0.6 is 0 Å². The number of carbonyl (C=O) groups excluding carboxylic acids is 1. The fourth-order valence-corrected chi connectivity index (χ4v) is 3.51. The zero-order valence-corrected chi connectivity index (χ0v) is 16.6. The molecule has 0 aliphatic carbocycles. The van der Waals surface area contributed by atoms with Crippen LogP contribution in [0.3, 0.4) is 0 Å². The molecule has 7 heteroatoms. The summed E-state index contributed by atoms with van der Waals surface area (Å²) in [7, 11) is 0.273. The molecule has 1 amide bonds. The lowest BCUT2D eigenvalue weighted by Crippen LogP contribution is -2.37. The summed E-state index contributed by atoms with van der Waals surface area (Å²) < 4.78 is 25.5. The summed E-state index contributed by atoms with van der Waals surface area (Å²) in [4.78, 5) is 14.4. The van der Waals surface area contributed by atoms with E-state index in [0.29, 0.717) is 11.4 Å². The minimum atomic E-state index is -3.59. The predicted molar refractivity (Wildman–Crippen MR) is 108 cm³/mol. The van der Waals surface area contributed by atoms with Crippen molar-refractivity contribution in [2.24, 2.45) is 0 Å². The van der Waals surface area contributed by atoms with E-state index in [-0.39, 0.29) is 6.54 Å². The molecular weight excluding hydrogens is 350 g/mol. The second-order valence-corrected chi connectivity index (χ2v) is 8.51. The van der Waals surface area contributed by atoms with Gasteiger partial charge in [-0.05, 0) is 61.4 Å². The van der Waals surface area contributed by atoms with Crippen LogP contribution < -0.4 is 14.5 Å². The van der Waals surface area contributed by atoms with Crippen LogP contribution in [-0.2, 0) is 14.8 Å². The molecule has 2 aromatic carbocycles. The van der Waals surface area contributed by atoms with Gasteiger partial charge in [-0.15, -0.1) is 0 Å².